The number of Topliss-reactive ketones (excluding diaryl/α,β-unsaturated/α-hetero) is 1. The number of carbonyl (C=O) groups excluding carboxylic acids is 2. The van der Waals surface area contributed by atoms with Crippen molar-refractivity contribution in [3.05, 3.63) is 35.9 Å². The van der Waals surface area contributed by atoms with E-state index in [9.17, 15) is 9.59 Å². The summed E-state index contributed by atoms with van der Waals surface area (Å²) in [4.78, 5) is 22.9. The van der Waals surface area contributed by atoms with Crippen LogP contribution in [0, 0.1) is 0 Å². The summed E-state index contributed by atoms with van der Waals surface area (Å²) < 4.78 is 0. The first-order valence-electron chi connectivity index (χ1n) is 4.97. The molecule has 3 nitrogen and oxygen atoms in total. The third-order valence-corrected chi connectivity index (χ3v) is 1.87. The number of hydrogen-bond acceptors (Lipinski definition) is 2. The summed E-state index contributed by atoms with van der Waals surface area (Å²) in [5.41, 5.74) is 0.580. The molecule has 1 aromatic rings. The number of ketones is 1. The van der Waals surface area contributed by atoms with Gasteiger partial charge >= 0.3 is 0 Å². The minimum absolute atomic E-state index is 0.0704. The summed E-state index contributed by atoms with van der Waals surface area (Å²) in [5.74, 6) is -0.368. The van der Waals surface area contributed by atoms with Gasteiger partial charge in [-0.25, -0.2) is 0 Å². The standard InChI is InChI=1S/C12H15NO2/c1-9(2)13-12(15)8-11(14)10-6-4-3-5-7-10/h3-7,9H,8H2,1-2H3,(H,13,15). The van der Waals surface area contributed by atoms with E-state index in [0.717, 1.165) is 0 Å². The lowest BCUT2D eigenvalue weighted by molar-refractivity contribution is -0.120. The molecule has 3 heteroatoms. The van der Waals surface area contributed by atoms with Gasteiger partial charge < -0.3 is 5.32 Å². The fraction of sp³-hybridized carbons (Fsp3) is 0.333. The second kappa shape index (κ2) is 5.29. The number of hydrogen-bond donors (Lipinski definition) is 1. The lowest BCUT2D eigenvalue weighted by Gasteiger charge is -2.07. The van der Waals surface area contributed by atoms with Crippen LogP contribution in [0.3, 0.4) is 0 Å². The Morgan fingerprint density at radius 2 is 1.80 bits per heavy atom. The molecule has 0 unspecified atom stereocenters. The van der Waals surface area contributed by atoms with Gasteiger partial charge in [-0.1, -0.05) is 30.3 Å². The van der Waals surface area contributed by atoms with Gasteiger partial charge in [0.25, 0.3) is 0 Å². The normalized spacial score (nSPS) is 10.1. The maximum atomic E-state index is 11.6. The van der Waals surface area contributed by atoms with Gasteiger partial charge in [-0.2, -0.15) is 0 Å². The van der Waals surface area contributed by atoms with E-state index < -0.39 is 0 Å². The van der Waals surface area contributed by atoms with Crippen molar-refractivity contribution in [2.45, 2.75) is 26.3 Å². The van der Waals surface area contributed by atoms with Crippen molar-refractivity contribution in [3.63, 3.8) is 0 Å². The fourth-order valence-electron chi connectivity index (χ4n) is 1.24. The molecule has 15 heavy (non-hydrogen) atoms. The van der Waals surface area contributed by atoms with Gasteiger partial charge in [0.1, 0.15) is 0 Å². The Labute approximate surface area is 89.5 Å². The molecular formula is C12H15NO2. The highest BCUT2D eigenvalue weighted by molar-refractivity contribution is 6.07. The van der Waals surface area contributed by atoms with Gasteiger partial charge in [-0.15, -0.1) is 0 Å². The molecule has 1 amide bonds. The van der Waals surface area contributed by atoms with E-state index in [1.54, 1.807) is 24.3 Å². The summed E-state index contributed by atoms with van der Waals surface area (Å²) in [5, 5.41) is 2.68. The fourth-order valence-corrected chi connectivity index (χ4v) is 1.24. The van der Waals surface area contributed by atoms with Gasteiger partial charge in [-0.3, -0.25) is 9.59 Å². The molecule has 1 aromatic carbocycles. The molecule has 0 heterocycles. The molecule has 0 aliphatic heterocycles. The zero-order valence-corrected chi connectivity index (χ0v) is 8.99. The second-order valence-electron chi connectivity index (χ2n) is 3.69. The van der Waals surface area contributed by atoms with Gasteiger partial charge in [-0.05, 0) is 13.8 Å². The molecule has 0 aliphatic rings. The second-order valence-corrected chi connectivity index (χ2v) is 3.69. The lowest BCUT2D eigenvalue weighted by Crippen LogP contribution is -2.31. The first-order chi connectivity index (χ1) is 7.09. The molecule has 1 rings (SSSR count). The van der Waals surface area contributed by atoms with Crippen molar-refractivity contribution >= 4 is 11.7 Å². The minimum atomic E-state index is -0.223. The third kappa shape index (κ3) is 3.94. The average Bonchev–Trinajstić information content (AvgIpc) is 2.17. The van der Waals surface area contributed by atoms with E-state index in [0.29, 0.717) is 5.56 Å². The van der Waals surface area contributed by atoms with Gasteiger partial charge in [0.2, 0.25) is 5.91 Å². The molecule has 0 saturated carbocycles. The maximum Gasteiger partial charge on any atom is 0.228 e. The molecule has 0 bridgehead atoms. The Morgan fingerprint density at radius 1 is 1.20 bits per heavy atom. The Morgan fingerprint density at radius 3 is 2.33 bits per heavy atom. The Hall–Kier alpha value is -1.64. The summed E-state index contributed by atoms with van der Waals surface area (Å²) in [6.07, 6.45) is -0.0812. The monoisotopic (exact) mass is 205 g/mol. The van der Waals surface area contributed by atoms with E-state index >= 15 is 0 Å². The van der Waals surface area contributed by atoms with Crippen LogP contribution < -0.4 is 5.32 Å². The molecule has 0 aromatic heterocycles. The van der Waals surface area contributed by atoms with Crippen LogP contribution in [0.4, 0.5) is 0 Å². The van der Waals surface area contributed by atoms with E-state index in [1.165, 1.54) is 0 Å². The highest BCUT2D eigenvalue weighted by Gasteiger charge is 2.11. The smallest absolute Gasteiger partial charge is 0.228 e. The van der Waals surface area contributed by atoms with E-state index in [-0.39, 0.29) is 24.2 Å². The van der Waals surface area contributed by atoms with Crippen LogP contribution >= 0.6 is 0 Å². The molecule has 0 aliphatic carbocycles. The topological polar surface area (TPSA) is 46.2 Å². The molecule has 0 fully saturated rings. The zero-order chi connectivity index (χ0) is 11.3. The molecule has 80 valence electrons. The first kappa shape index (κ1) is 11.4. The van der Waals surface area contributed by atoms with Crippen LogP contribution in [0.2, 0.25) is 0 Å². The SMILES string of the molecule is CC(C)NC(=O)CC(=O)c1ccccc1. The van der Waals surface area contributed by atoms with Crippen molar-refractivity contribution in [3.8, 4) is 0 Å². The van der Waals surface area contributed by atoms with Crippen LogP contribution in [0.1, 0.15) is 30.6 Å². The summed E-state index contributed by atoms with van der Waals surface area (Å²) in [6.45, 7) is 3.73. The van der Waals surface area contributed by atoms with E-state index in [4.69, 9.17) is 0 Å². The van der Waals surface area contributed by atoms with E-state index in [2.05, 4.69) is 5.32 Å². The molecule has 0 spiro atoms. The molecule has 1 N–H and O–H groups in total. The Balaban J connectivity index is 2.53. The van der Waals surface area contributed by atoms with Crippen molar-refractivity contribution < 1.29 is 9.59 Å². The van der Waals surface area contributed by atoms with Crippen LogP contribution in [0.25, 0.3) is 0 Å². The van der Waals surface area contributed by atoms with Gasteiger partial charge in [0, 0.05) is 11.6 Å². The van der Waals surface area contributed by atoms with Crippen molar-refractivity contribution in [2.24, 2.45) is 0 Å². The number of carbonyl (C=O) groups is 2. The number of amides is 1. The third-order valence-electron chi connectivity index (χ3n) is 1.87. The summed E-state index contributed by atoms with van der Waals surface area (Å²) in [7, 11) is 0. The number of benzene rings is 1. The zero-order valence-electron chi connectivity index (χ0n) is 8.99. The van der Waals surface area contributed by atoms with Crippen LogP contribution in [-0.4, -0.2) is 17.7 Å². The number of nitrogens with one attached hydrogen (secondary N) is 1. The van der Waals surface area contributed by atoms with E-state index in [1.807, 2.05) is 19.9 Å². The van der Waals surface area contributed by atoms with Crippen LogP contribution in [0.5, 0.6) is 0 Å². The van der Waals surface area contributed by atoms with Crippen molar-refractivity contribution in [1.29, 1.82) is 0 Å². The molecular weight excluding hydrogens is 190 g/mol. The minimum Gasteiger partial charge on any atom is -0.354 e. The molecule has 0 saturated heterocycles. The highest BCUT2D eigenvalue weighted by atomic mass is 16.2. The van der Waals surface area contributed by atoms with Crippen LogP contribution in [0.15, 0.2) is 30.3 Å². The molecule has 0 radical (unpaired) electrons. The van der Waals surface area contributed by atoms with Crippen LogP contribution in [-0.2, 0) is 4.79 Å². The first-order valence-corrected chi connectivity index (χ1v) is 4.97. The van der Waals surface area contributed by atoms with Gasteiger partial charge in [0.05, 0.1) is 6.42 Å². The Kier molecular flexibility index (Phi) is 4.03. The Bertz CT molecular complexity index is 344. The maximum absolute atomic E-state index is 11.6. The predicted octanol–water partition coefficient (Wildman–Crippen LogP) is 1.78. The molecule has 0 atom stereocenters. The lowest BCUT2D eigenvalue weighted by atomic mass is 10.1. The van der Waals surface area contributed by atoms with Crippen molar-refractivity contribution in [1.82, 2.24) is 5.32 Å². The number of rotatable bonds is 4. The highest BCUT2D eigenvalue weighted by Crippen LogP contribution is 2.02. The largest absolute Gasteiger partial charge is 0.354 e. The average molecular weight is 205 g/mol. The van der Waals surface area contributed by atoms with Crippen molar-refractivity contribution in [2.75, 3.05) is 0 Å². The predicted molar refractivity (Wildman–Crippen MR) is 58.7 cm³/mol. The van der Waals surface area contributed by atoms with Gasteiger partial charge in [0.15, 0.2) is 5.78 Å². The quantitative estimate of drug-likeness (QED) is 0.601. The summed E-state index contributed by atoms with van der Waals surface area (Å²) >= 11 is 0. The summed E-state index contributed by atoms with van der Waals surface area (Å²) in [6, 6.07) is 8.91.